The number of nitrogens with one attached hydrogen (secondary N) is 2. The van der Waals surface area contributed by atoms with Gasteiger partial charge in [-0.25, -0.2) is 4.39 Å². The number of halogens is 1. The van der Waals surface area contributed by atoms with Crippen LogP contribution < -0.4 is 5.32 Å². The molecule has 0 unspecified atom stereocenters. The number of ketones is 2. The first-order chi connectivity index (χ1) is 15.2. The molecule has 7 heteroatoms. The fraction of sp³-hybridized carbons (Fsp3) is 0.480. The van der Waals surface area contributed by atoms with Crippen molar-refractivity contribution in [3.63, 3.8) is 0 Å². The number of benzene rings is 1. The van der Waals surface area contributed by atoms with E-state index in [1.54, 1.807) is 13.0 Å². The second-order valence-corrected chi connectivity index (χ2v) is 8.66. The predicted molar refractivity (Wildman–Crippen MR) is 121 cm³/mol. The van der Waals surface area contributed by atoms with Gasteiger partial charge in [0.2, 0.25) is 5.91 Å². The lowest BCUT2D eigenvalue weighted by Gasteiger charge is -2.30. The van der Waals surface area contributed by atoms with Crippen LogP contribution in [0.25, 0.3) is 0 Å². The van der Waals surface area contributed by atoms with E-state index in [0.717, 1.165) is 16.8 Å². The average molecular weight is 442 g/mol. The van der Waals surface area contributed by atoms with Crippen molar-refractivity contribution in [2.75, 3.05) is 19.6 Å². The smallest absolute Gasteiger partial charge is 0.223 e. The number of hydrogen-bond acceptors (Lipinski definition) is 4. The average Bonchev–Trinajstić information content (AvgIpc) is 3.11. The van der Waals surface area contributed by atoms with Crippen LogP contribution in [-0.2, 0) is 17.8 Å². The summed E-state index contributed by atoms with van der Waals surface area (Å²) in [5.41, 5.74) is 4.01. The van der Waals surface area contributed by atoms with E-state index in [4.69, 9.17) is 0 Å². The highest BCUT2D eigenvalue weighted by atomic mass is 19.1. The van der Waals surface area contributed by atoms with Crippen LogP contribution in [0.5, 0.6) is 0 Å². The number of carbonyl (C=O) groups is 3. The van der Waals surface area contributed by atoms with Crippen LogP contribution in [-0.4, -0.2) is 47.0 Å². The largest absolute Gasteiger partial charge is 0.355 e. The standard InChI is InChI=1S/C25H32FN3O3/c1-5-20-23(17(4)30)16(3)28-24(20)22(31)14-29-10-8-19(9-11-29)25(32)27-13-18-7-6-15(2)21(26)12-18/h6-7,12,19,28H,5,8-11,13-14H2,1-4H3,(H,27,32). The van der Waals surface area contributed by atoms with Crippen molar-refractivity contribution >= 4 is 17.5 Å². The highest BCUT2D eigenvalue weighted by molar-refractivity contribution is 6.04. The van der Waals surface area contributed by atoms with E-state index < -0.39 is 0 Å². The number of Topliss-reactive ketones (excluding diaryl/α,β-unsaturated/α-hetero) is 2. The number of carbonyl (C=O) groups excluding carboxylic acids is 3. The molecule has 0 saturated carbocycles. The van der Waals surface area contributed by atoms with E-state index in [9.17, 15) is 18.8 Å². The molecule has 2 N–H and O–H groups in total. The molecule has 1 aliphatic heterocycles. The number of aryl methyl sites for hydroxylation is 2. The molecule has 0 spiro atoms. The minimum absolute atomic E-state index is 0.0262. The van der Waals surface area contributed by atoms with Gasteiger partial charge in [0.15, 0.2) is 11.6 Å². The van der Waals surface area contributed by atoms with E-state index in [-0.39, 0.29) is 35.8 Å². The van der Waals surface area contributed by atoms with Crippen LogP contribution >= 0.6 is 0 Å². The molecule has 1 fully saturated rings. The minimum atomic E-state index is -0.270. The lowest BCUT2D eigenvalue weighted by atomic mass is 9.95. The van der Waals surface area contributed by atoms with Crippen LogP contribution in [0.15, 0.2) is 18.2 Å². The third kappa shape index (κ3) is 5.33. The van der Waals surface area contributed by atoms with Crippen molar-refractivity contribution < 1.29 is 18.8 Å². The van der Waals surface area contributed by atoms with E-state index in [0.29, 0.717) is 55.7 Å². The zero-order valence-corrected chi connectivity index (χ0v) is 19.3. The fourth-order valence-corrected chi connectivity index (χ4v) is 4.46. The molecule has 1 aliphatic rings. The van der Waals surface area contributed by atoms with Gasteiger partial charge in [-0.15, -0.1) is 0 Å². The lowest BCUT2D eigenvalue weighted by molar-refractivity contribution is -0.126. The van der Waals surface area contributed by atoms with Crippen molar-refractivity contribution in [2.24, 2.45) is 5.92 Å². The van der Waals surface area contributed by atoms with Gasteiger partial charge in [0.1, 0.15) is 5.82 Å². The Morgan fingerprint density at radius 2 is 1.88 bits per heavy atom. The van der Waals surface area contributed by atoms with Crippen molar-refractivity contribution in [2.45, 2.75) is 53.5 Å². The molecule has 6 nitrogen and oxygen atoms in total. The number of aromatic amines is 1. The molecule has 0 atom stereocenters. The molecule has 3 rings (SSSR count). The van der Waals surface area contributed by atoms with E-state index in [1.807, 2.05) is 19.9 Å². The first-order valence-electron chi connectivity index (χ1n) is 11.2. The highest BCUT2D eigenvalue weighted by Gasteiger charge is 2.28. The van der Waals surface area contributed by atoms with Gasteiger partial charge in [-0.1, -0.05) is 19.1 Å². The Labute approximate surface area is 188 Å². The van der Waals surface area contributed by atoms with Crippen LogP contribution in [0.4, 0.5) is 4.39 Å². The first-order valence-corrected chi connectivity index (χ1v) is 11.2. The summed E-state index contributed by atoms with van der Waals surface area (Å²) in [5.74, 6) is -0.471. The molecule has 1 saturated heterocycles. The molecule has 2 heterocycles. The van der Waals surface area contributed by atoms with Crippen LogP contribution in [0.2, 0.25) is 0 Å². The molecule has 32 heavy (non-hydrogen) atoms. The summed E-state index contributed by atoms with van der Waals surface area (Å²) >= 11 is 0. The van der Waals surface area contributed by atoms with Gasteiger partial charge in [-0.3, -0.25) is 19.3 Å². The second kappa shape index (κ2) is 10.2. The number of likely N-dealkylation sites (tertiary alicyclic amines) is 1. The third-order valence-corrected chi connectivity index (χ3v) is 6.30. The number of aromatic nitrogens is 1. The zero-order valence-electron chi connectivity index (χ0n) is 19.3. The van der Waals surface area contributed by atoms with E-state index in [2.05, 4.69) is 15.2 Å². The zero-order chi connectivity index (χ0) is 23.4. The number of amides is 1. The summed E-state index contributed by atoms with van der Waals surface area (Å²) in [6.45, 7) is 8.88. The summed E-state index contributed by atoms with van der Waals surface area (Å²) < 4.78 is 13.7. The Balaban J connectivity index is 1.52. The van der Waals surface area contributed by atoms with Crippen LogP contribution in [0, 0.1) is 25.6 Å². The molecular formula is C25H32FN3O3. The van der Waals surface area contributed by atoms with Gasteiger partial charge in [-0.2, -0.15) is 0 Å². The Morgan fingerprint density at radius 1 is 1.19 bits per heavy atom. The van der Waals surface area contributed by atoms with Gasteiger partial charge < -0.3 is 10.3 Å². The Hall–Kier alpha value is -2.80. The molecule has 0 bridgehead atoms. The van der Waals surface area contributed by atoms with E-state index >= 15 is 0 Å². The first kappa shape index (κ1) is 23.9. The van der Waals surface area contributed by atoms with Gasteiger partial charge in [0.25, 0.3) is 0 Å². The Kier molecular flexibility index (Phi) is 7.61. The summed E-state index contributed by atoms with van der Waals surface area (Å²) in [5, 5.41) is 2.90. The van der Waals surface area contributed by atoms with Gasteiger partial charge >= 0.3 is 0 Å². The molecule has 1 amide bonds. The number of hydrogen-bond donors (Lipinski definition) is 2. The summed E-state index contributed by atoms with van der Waals surface area (Å²) in [4.78, 5) is 42.6. The monoisotopic (exact) mass is 441 g/mol. The second-order valence-electron chi connectivity index (χ2n) is 8.66. The fourth-order valence-electron chi connectivity index (χ4n) is 4.46. The quantitative estimate of drug-likeness (QED) is 0.612. The number of nitrogens with zero attached hydrogens (tertiary/aromatic N) is 1. The maximum absolute atomic E-state index is 13.7. The van der Waals surface area contributed by atoms with Gasteiger partial charge in [0, 0.05) is 23.7 Å². The summed E-state index contributed by atoms with van der Waals surface area (Å²) in [6.07, 6.45) is 1.96. The van der Waals surface area contributed by atoms with Crippen molar-refractivity contribution in [3.8, 4) is 0 Å². The summed E-state index contributed by atoms with van der Waals surface area (Å²) in [6, 6.07) is 4.98. The van der Waals surface area contributed by atoms with E-state index in [1.165, 1.54) is 13.0 Å². The SMILES string of the molecule is CCc1c(C(=O)CN2CCC(C(=O)NCc3ccc(C)c(F)c3)CC2)[nH]c(C)c1C(C)=O. The molecular weight excluding hydrogens is 409 g/mol. The van der Waals surface area contributed by atoms with Gasteiger partial charge in [-0.05, 0) is 75.9 Å². The van der Waals surface area contributed by atoms with Gasteiger partial charge in [0.05, 0.1) is 12.2 Å². The molecule has 2 aromatic rings. The van der Waals surface area contributed by atoms with Crippen LogP contribution in [0.1, 0.15) is 69.9 Å². The topological polar surface area (TPSA) is 82.3 Å². The molecule has 0 aliphatic carbocycles. The lowest BCUT2D eigenvalue weighted by Crippen LogP contribution is -2.42. The van der Waals surface area contributed by atoms with Crippen molar-refractivity contribution in [3.05, 3.63) is 57.7 Å². The number of H-pyrrole nitrogens is 1. The molecule has 172 valence electrons. The normalized spacial score (nSPS) is 15.0. The number of piperidine rings is 1. The van der Waals surface area contributed by atoms with Crippen molar-refractivity contribution in [1.82, 2.24) is 15.2 Å². The summed E-state index contributed by atoms with van der Waals surface area (Å²) in [7, 11) is 0. The predicted octanol–water partition coefficient (Wildman–Crippen LogP) is 3.75. The highest BCUT2D eigenvalue weighted by Crippen LogP contribution is 2.23. The van der Waals surface area contributed by atoms with Crippen LogP contribution in [0.3, 0.4) is 0 Å². The minimum Gasteiger partial charge on any atom is -0.355 e. The Bertz CT molecular complexity index is 1020. The van der Waals surface area contributed by atoms with Crippen molar-refractivity contribution in [1.29, 1.82) is 0 Å². The molecule has 1 aromatic carbocycles. The molecule has 1 aromatic heterocycles. The molecule has 0 radical (unpaired) electrons. The Morgan fingerprint density at radius 3 is 2.47 bits per heavy atom. The maximum atomic E-state index is 13.7. The third-order valence-electron chi connectivity index (χ3n) is 6.30. The number of rotatable bonds is 8. The maximum Gasteiger partial charge on any atom is 0.223 e.